The van der Waals surface area contributed by atoms with Gasteiger partial charge >= 0.3 is 5.97 Å². The van der Waals surface area contributed by atoms with Crippen LogP contribution in [0, 0.1) is 0 Å². The lowest BCUT2D eigenvalue weighted by atomic mass is 10.1. The number of benzene rings is 3. The van der Waals surface area contributed by atoms with E-state index in [2.05, 4.69) is 0 Å². The van der Waals surface area contributed by atoms with E-state index in [1.165, 1.54) is 24.5 Å². The van der Waals surface area contributed by atoms with Crippen LogP contribution in [0.1, 0.15) is 0 Å². The zero-order chi connectivity index (χ0) is 22.0. The summed E-state index contributed by atoms with van der Waals surface area (Å²) in [5.41, 5.74) is 1.17. The molecule has 0 aliphatic heterocycles. The van der Waals surface area contributed by atoms with Crippen LogP contribution in [0.15, 0.2) is 76.1 Å². The molecule has 0 radical (unpaired) electrons. The van der Waals surface area contributed by atoms with E-state index in [-0.39, 0.29) is 28.4 Å². The zero-order valence-corrected chi connectivity index (χ0v) is 18.0. The van der Waals surface area contributed by atoms with Crippen LogP contribution in [0.2, 0.25) is 15.1 Å². The average molecular weight is 476 g/mol. The molecule has 0 saturated carbocycles. The maximum atomic E-state index is 12.8. The van der Waals surface area contributed by atoms with Crippen molar-refractivity contribution < 1.29 is 18.7 Å². The van der Waals surface area contributed by atoms with Crippen LogP contribution in [0.4, 0.5) is 0 Å². The highest BCUT2D eigenvalue weighted by Gasteiger charge is 2.13. The van der Waals surface area contributed by atoms with Crippen LogP contribution >= 0.6 is 34.8 Å². The maximum Gasteiger partial charge on any atom is 0.349 e. The van der Waals surface area contributed by atoms with E-state index in [4.69, 9.17) is 48.7 Å². The number of halogens is 3. The van der Waals surface area contributed by atoms with Gasteiger partial charge in [-0.3, -0.25) is 4.79 Å². The monoisotopic (exact) mass is 474 g/mol. The Morgan fingerprint density at radius 3 is 2.39 bits per heavy atom. The third kappa shape index (κ3) is 4.85. The highest BCUT2D eigenvalue weighted by Crippen LogP contribution is 2.28. The highest BCUT2D eigenvalue weighted by atomic mass is 35.5. The van der Waals surface area contributed by atoms with E-state index in [0.29, 0.717) is 32.3 Å². The summed E-state index contributed by atoms with van der Waals surface area (Å²) in [6.45, 7) is -0.362. The van der Waals surface area contributed by atoms with E-state index >= 15 is 0 Å². The summed E-state index contributed by atoms with van der Waals surface area (Å²) in [4.78, 5) is 24.9. The van der Waals surface area contributed by atoms with Crippen molar-refractivity contribution in [1.82, 2.24) is 0 Å². The van der Waals surface area contributed by atoms with Crippen molar-refractivity contribution in [2.24, 2.45) is 0 Å². The largest absolute Gasteiger partial charge is 0.480 e. The van der Waals surface area contributed by atoms with Gasteiger partial charge in [0.15, 0.2) is 12.0 Å². The summed E-state index contributed by atoms with van der Waals surface area (Å²) in [7, 11) is 0. The average Bonchev–Trinajstić information content (AvgIpc) is 2.74. The molecule has 4 aromatic rings. The van der Waals surface area contributed by atoms with Crippen LogP contribution in [0.3, 0.4) is 0 Å². The maximum absolute atomic E-state index is 12.8. The number of hydrogen-bond donors (Lipinski definition) is 0. The molecule has 31 heavy (non-hydrogen) atoms. The molecule has 0 fully saturated rings. The Hall–Kier alpha value is -2.99. The summed E-state index contributed by atoms with van der Waals surface area (Å²) < 4.78 is 16.2. The predicted octanol–water partition coefficient (Wildman–Crippen LogP) is 6.40. The molecule has 0 N–H and O–H groups in total. The van der Waals surface area contributed by atoms with Crippen molar-refractivity contribution in [3.63, 3.8) is 0 Å². The fourth-order valence-electron chi connectivity index (χ4n) is 2.89. The summed E-state index contributed by atoms with van der Waals surface area (Å²) in [6, 6.07) is 16.1. The molecule has 0 bridgehead atoms. The van der Waals surface area contributed by atoms with Gasteiger partial charge in [0.05, 0.1) is 16.0 Å². The number of rotatable bonds is 5. The first-order chi connectivity index (χ1) is 14.9. The molecular formula is C23H13Cl3O5. The van der Waals surface area contributed by atoms with Crippen molar-refractivity contribution in [3.05, 3.63) is 92.2 Å². The molecule has 0 aliphatic carbocycles. The summed E-state index contributed by atoms with van der Waals surface area (Å²) in [6.07, 6.45) is 1.37. The van der Waals surface area contributed by atoms with Gasteiger partial charge in [-0.05, 0) is 48.0 Å². The van der Waals surface area contributed by atoms with Gasteiger partial charge in [-0.25, -0.2) is 4.79 Å². The number of carbonyl (C=O) groups excluding carboxylic acids is 1. The quantitative estimate of drug-likeness (QED) is 0.247. The lowest BCUT2D eigenvalue weighted by Crippen LogP contribution is -2.17. The first-order valence-electron chi connectivity index (χ1n) is 9.01. The minimum atomic E-state index is -0.648. The Balaban J connectivity index is 1.50. The molecule has 1 aromatic heterocycles. The standard InChI is InChI=1S/C23H13Cl3O5/c24-14-3-1-13(2-4-14)18-11-29-21-10-16(6-7-17(21)23(18)28)31-22(27)12-30-20-8-5-15(25)9-19(20)26/h1-11H,12H2. The minimum Gasteiger partial charge on any atom is -0.480 e. The minimum absolute atomic E-state index is 0.206. The fraction of sp³-hybridized carbons (Fsp3) is 0.0435. The predicted molar refractivity (Wildman–Crippen MR) is 121 cm³/mol. The first kappa shape index (κ1) is 21.2. The van der Waals surface area contributed by atoms with Crippen molar-refractivity contribution in [3.8, 4) is 22.6 Å². The Morgan fingerprint density at radius 1 is 0.903 bits per heavy atom. The molecule has 0 aliphatic rings. The SMILES string of the molecule is O=C(COc1ccc(Cl)cc1Cl)Oc1ccc2c(=O)c(-c3ccc(Cl)cc3)coc2c1. The van der Waals surface area contributed by atoms with E-state index in [9.17, 15) is 9.59 Å². The van der Waals surface area contributed by atoms with E-state index in [1.807, 2.05) is 0 Å². The molecule has 0 spiro atoms. The van der Waals surface area contributed by atoms with Gasteiger partial charge in [0.25, 0.3) is 0 Å². The lowest BCUT2D eigenvalue weighted by Gasteiger charge is -2.09. The first-order valence-corrected chi connectivity index (χ1v) is 10.1. The number of fused-ring (bicyclic) bond motifs is 1. The van der Waals surface area contributed by atoms with Crippen LogP contribution in [0.25, 0.3) is 22.1 Å². The second-order valence-electron chi connectivity index (χ2n) is 6.48. The van der Waals surface area contributed by atoms with Crippen molar-refractivity contribution in [1.29, 1.82) is 0 Å². The number of carbonyl (C=O) groups is 1. The van der Waals surface area contributed by atoms with E-state index in [0.717, 1.165) is 0 Å². The molecule has 4 rings (SSSR count). The van der Waals surface area contributed by atoms with E-state index < -0.39 is 5.97 Å². The molecule has 3 aromatic carbocycles. The molecule has 156 valence electrons. The van der Waals surface area contributed by atoms with Crippen LogP contribution in [0.5, 0.6) is 11.5 Å². The molecular weight excluding hydrogens is 463 g/mol. The number of esters is 1. The second kappa shape index (κ2) is 9.02. The van der Waals surface area contributed by atoms with Crippen LogP contribution in [-0.2, 0) is 4.79 Å². The van der Waals surface area contributed by atoms with Crippen LogP contribution in [-0.4, -0.2) is 12.6 Å². The highest BCUT2D eigenvalue weighted by molar-refractivity contribution is 6.35. The summed E-state index contributed by atoms with van der Waals surface area (Å²) >= 11 is 17.7. The zero-order valence-electron chi connectivity index (χ0n) is 15.7. The Labute approximate surface area is 191 Å². The van der Waals surface area contributed by atoms with Crippen molar-refractivity contribution in [2.45, 2.75) is 0 Å². The van der Waals surface area contributed by atoms with Gasteiger partial charge in [0, 0.05) is 16.1 Å². The molecule has 1 heterocycles. The van der Waals surface area contributed by atoms with Gasteiger partial charge in [-0.1, -0.05) is 46.9 Å². The van der Waals surface area contributed by atoms with Gasteiger partial charge in [-0.2, -0.15) is 0 Å². The third-order valence-electron chi connectivity index (χ3n) is 4.37. The Morgan fingerprint density at radius 2 is 1.65 bits per heavy atom. The normalized spacial score (nSPS) is 10.8. The summed E-state index contributed by atoms with van der Waals surface area (Å²) in [5.74, 6) is -0.126. The Kier molecular flexibility index (Phi) is 6.18. The topological polar surface area (TPSA) is 65.7 Å². The van der Waals surface area contributed by atoms with Gasteiger partial charge in [-0.15, -0.1) is 0 Å². The van der Waals surface area contributed by atoms with Gasteiger partial charge in [0.2, 0.25) is 0 Å². The third-order valence-corrected chi connectivity index (χ3v) is 5.15. The molecule has 8 heteroatoms. The Bertz CT molecular complexity index is 1330. The van der Waals surface area contributed by atoms with Crippen molar-refractivity contribution >= 4 is 51.7 Å². The molecule has 0 unspecified atom stereocenters. The van der Waals surface area contributed by atoms with E-state index in [1.54, 1.807) is 42.5 Å². The second-order valence-corrected chi connectivity index (χ2v) is 7.76. The smallest absolute Gasteiger partial charge is 0.349 e. The molecule has 0 saturated heterocycles. The molecule has 0 atom stereocenters. The fourth-order valence-corrected chi connectivity index (χ4v) is 3.48. The summed E-state index contributed by atoms with van der Waals surface area (Å²) in [5, 5.41) is 1.67. The van der Waals surface area contributed by atoms with Gasteiger partial charge < -0.3 is 13.9 Å². The molecule has 5 nitrogen and oxygen atoms in total. The van der Waals surface area contributed by atoms with Crippen LogP contribution < -0.4 is 14.9 Å². The van der Waals surface area contributed by atoms with Gasteiger partial charge in [0.1, 0.15) is 23.3 Å². The molecule has 0 amide bonds. The lowest BCUT2D eigenvalue weighted by molar-refractivity contribution is -0.136. The van der Waals surface area contributed by atoms with Crippen molar-refractivity contribution in [2.75, 3.05) is 6.61 Å². The number of hydrogen-bond acceptors (Lipinski definition) is 5. The number of ether oxygens (including phenoxy) is 2.